The minimum atomic E-state index is 0.347. The fourth-order valence-corrected chi connectivity index (χ4v) is 3.58. The molecule has 1 saturated heterocycles. The minimum Gasteiger partial charge on any atom is -0.399 e. The van der Waals surface area contributed by atoms with E-state index in [1.54, 1.807) is 12.4 Å². The number of benzene rings is 2. The normalized spacial score (nSPS) is 14.3. The second-order valence-corrected chi connectivity index (χ2v) is 6.88. The van der Waals surface area contributed by atoms with Gasteiger partial charge in [0.1, 0.15) is 5.82 Å². The zero-order valence-electron chi connectivity index (χ0n) is 14.8. The Morgan fingerprint density at radius 1 is 0.852 bits per heavy atom. The van der Waals surface area contributed by atoms with Crippen LogP contribution in [0.1, 0.15) is 11.6 Å². The highest BCUT2D eigenvalue weighted by Gasteiger charge is 2.32. The van der Waals surface area contributed by atoms with Crippen LogP contribution in [0.5, 0.6) is 0 Å². The number of rotatable bonds is 3. The highest BCUT2D eigenvalue weighted by Crippen LogP contribution is 2.34. The quantitative estimate of drug-likeness (QED) is 0.566. The molecule has 4 aromatic rings. The predicted octanol–water partition coefficient (Wildman–Crippen LogP) is 3.88. The van der Waals surface area contributed by atoms with E-state index in [2.05, 4.69) is 39.1 Å². The summed E-state index contributed by atoms with van der Waals surface area (Å²) in [6.07, 6.45) is 3.52. The molecule has 0 saturated carbocycles. The van der Waals surface area contributed by atoms with Crippen LogP contribution in [0, 0.1) is 0 Å². The summed E-state index contributed by atoms with van der Waals surface area (Å²) in [6.45, 7) is 1.79. The number of aromatic nitrogens is 3. The van der Waals surface area contributed by atoms with Crippen LogP contribution in [0.2, 0.25) is 0 Å². The molecule has 2 aromatic heterocycles. The molecule has 2 aromatic carbocycles. The third-order valence-electron chi connectivity index (χ3n) is 5.09. The van der Waals surface area contributed by atoms with E-state index in [1.807, 2.05) is 36.4 Å². The van der Waals surface area contributed by atoms with Gasteiger partial charge in [0.2, 0.25) is 0 Å². The number of anilines is 2. The molecule has 1 aliphatic heterocycles. The van der Waals surface area contributed by atoms with Crippen LogP contribution >= 0.6 is 0 Å². The number of nitrogens with two attached hydrogens (primary N) is 1. The van der Waals surface area contributed by atoms with Crippen LogP contribution in [0.15, 0.2) is 73.1 Å². The molecule has 0 amide bonds. The number of nitrogens with zero attached hydrogens (tertiary/aromatic N) is 4. The van der Waals surface area contributed by atoms with Gasteiger partial charge < -0.3 is 10.6 Å². The Bertz CT molecular complexity index is 1100. The summed E-state index contributed by atoms with van der Waals surface area (Å²) in [5.41, 5.74) is 10.6. The Balaban J connectivity index is 1.39. The summed E-state index contributed by atoms with van der Waals surface area (Å²) in [5.74, 6) is 1.36. The van der Waals surface area contributed by atoms with Gasteiger partial charge in [-0.05, 0) is 30.3 Å². The topological polar surface area (TPSA) is 67.9 Å². The van der Waals surface area contributed by atoms with Gasteiger partial charge in [-0.15, -0.1) is 0 Å². The molecular formula is C22H19N5. The molecule has 3 heterocycles. The standard InChI is InChI=1S/C22H19N5/c23-18-8-5-16(6-9-18)21-22(25-12-11-24-21)17-13-27(14-17)20-10-7-15-3-1-2-4-19(15)26-20/h1-12,17H,13-14,23H2. The van der Waals surface area contributed by atoms with Crippen LogP contribution in [0.3, 0.4) is 0 Å². The maximum Gasteiger partial charge on any atom is 0.129 e. The Labute approximate surface area is 157 Å². The van der Waals surface area contributed by atoms with E-state index in [1.165, 1.54) is 0 Å². The van der Waals surface area contributed by atoms with E-state index in [-0.39, 0.29) is 0 Å². The first kappa shape index (κ1) is 15.8. The lowest BCUT2D eigenvalue weighted by molar-refractivity contribution is 0.509. The van der Waals surface area contributed by atoms with Crippen LogP contribution in [-0.4, -0.2) is 28.0 Å². The van der Waals surface area contributed by atoms with Gasteiger partial charge in [0.25, 0.3) is 0 Å². The molecule has 0 unspecified atom stereocenters. The summed E-state index contributed by atoms with van der Waals surface area (Å²) >= 11 is 0. The first-order valence-electron chi connectivity index (χ1n) is 9.05. The SMILES string of the molecule is Nc1ccc(-c2nccnc2C2CN(c3ccc4ccccc4n3)C2)cc1. The van der Waals surface area contributed by atoms with Crippen molar-refractivity contribution in [2.24, 2.45) is 0 Å². The molecule has 27 heavy (non-hydrogen) atoms. The predicted molar refractivity (Wildman–Crippen MR) is 109 cm³/mol. The van der Waals surface area contributed by atoms with Gasteiger partial charge in [-0.1, -0.05) is 30.3 Å². The maximum atomic E-state index is 5.81. The molecule has 2 N–H and O–H groups in total. The summed E-state index contributed by atoms with van der Waals surface area (Å²) < 4.78 is 0. The average Bonchev–Trinajstić information content (AvgIpc) is 2.68. The van der Waals surface area contributed by atoms with Crippen molar-refractivity contribution in [1.29, 1.82) is 0 Å². The van der Waals surface area contributed by atoms with E-state index < -0.39 is 0 Å². The largest absolute Gasteiger partial charge is 0.399 e. The van der Waals surface area contributed by atoms with Gasteiger partial charge in [0, 0.05) is 48.0 Å². The number of hydrogen-bond acceptors (Lipinski definition) is 5. The van der Waals surface area contributed by atoms with Crippen molar-refractivity contribution in [2.45, 2.75) is 5.92 Å². The van der Waals surface area contributed by atoms with E-state index >= 15 is 0 Å². The number of para-hydroxylation sites is 1. The monoisotopic (exact) mass is 353 g/mol. The van der Waals surface area contributed by atoms with Crippen molar-refractivity contribution in [3.8, 4) is 11.3 Å². The molecule has 5 rings (SSSR count). The van der Waals surface area contributed by atoms with Crippen LogP contribution < -0.4 is 10.6 Å². The van der Waals surface area contributed by atoms with Gasteiger partial charge in [-0.2, -0.15) is 0 Å². The minimum absolute atomic E-state index is 0.347. The van der Waals surface area contributed by atoms with Crippen LogP contribution in [-0.2, 0) is 0 Å². The Morgan fingerprint density at radius 2 is 1.63 bits per heavy atom. The molecule has 5 heteroatoms. The number of nitrogen functional groups attached to an aromatic ring is 1. The van der Waals surface area contributed by atoms with Crippen molar-refractivity contribution in [2.75, 3.05) is 23.7 Å². The van der Waals surface area contributed by atoms with E-state index in [0.29, 0.717) is 5.92 Å². The third-order valence-corrected chi connectivity index (χ3v) is 5.09. The summed E-state index contributed by atoms with van der Waals surface area (Å²) in [5, 5.41) is 1.16. The van der Waals surface area contributed by atoms with Crippen molar-refractivity contribution >= 4 is 22.4 Å². The molecule has 132 valence electrons. The highest BCUT2D eigenvalue weighted by atomic mass is 15.2. The number of pyridine rings is 1. The van der Waals surface area contributed by atoms with Crippen molar-refractivity contribution in [3.63, 3.8) is 0 Å². The molecular weight excluding hydrogens is 334 g/mol. The third kappa shape index (κ3) is 2.87. The fourth-order valence-electron chi connectivity index (χ4n) is 3.58. The molecule has 0 radical (unpaired) electrons. The lowest BCUT2D eigenvalue weighted by atomic mass is 9.92. The second-order valence-electron chi connectivity index (χ2n) is 6.88. The summed E-state index contributed by atoms with van der Waals surface area (Å²) in [4.78, 5) is 16.3. The molecule has 1 fully saturated rings. The lowest BCUT2D eigenvalue weighted by Crippen LogP contribution is -2.46. The highest BCUT2D eigenvalue weighted by molar-refractivity contribution is 5.80. The molecule has 0 atom stereocenters. The Kier molecular flexibility index (Phi) is 3.71. The van der Waals surface area contributed by atoms with Gasteiger partial charge in [-0.25, -0.2) is 4.98 Å². The summed E-state index contributed by atoms with van der Waals surface area (Å²) in [6, 6.07) is 20.2. The average molecular weight is 353 g/mol. The molecule has 0 aliphatic carbocycles. The lowest BCUT2D eigenvalue weighted by Gasteiger charge is -2.40. The zero-order valence-corrected chi connectivity index (χ0v) is 14.8. The van der Waals surface area contributed by atoms with Gasteiger partial charge in [-0.3, -0.25) is 9.97 Å². The zero-order chi connectivity index (χ0) is 18.2. The van der Waals surface area contributed by atoms with Gasteiger partial charge in [0.05, 0.1) is 16.9 Å². The maximum absolute atomic E-state index is 5.81. The van der Waals surface area contributed by atoms with Crippen molar-refractivity contribution in [3.05, 3.63) is 78.8 Å². The molecule has 1 aliphatic rings. The van der Waals surface area contributed by atoms with Gasteiger partial charge >= 0.3 is 0 Å². The van der Waals surface area contributed by atoms with Crippen molar-refractivity contribution < 1.29 is 0 Å². The van der Waals surface area contributed by atoms with E-state index in [4.69, 9.17) is 10.7 Å². The smallest absolute Gasteiger partial charge is 0.129 e. The molecule has 5 nitrogen and oxygen atoms in total. The number of hydrogen-bond donors (Lipinski definition) is 1. The van der Waals surface area contributed by atoms with E-state index in [0.717, 1.165) is 52.4 Å². The van der Waals surface area contributed by atoms with Crippen LogP contribution in [0.25, 0.3) is 22.2 Å². The van der Waals surface area contributed by atoms with Crippen LogP contribution in [0.4, 0.5) is 11.5 Å². The fraction of sp³-hybridized carbons (Fsp3) is 0.136. The van der Waals surface area contributed by atoms with Crippen molar-refractivity contribution in [1.82, 2.24) is 15.0 Å². The summed E-state index contributed by atoms with van der Waals surface area (Å²) in [7, 11) is 0. The van der Waals surface area contributed by atoms with E-state index in [9.17, 15) is 0 Å². The second kappa shape index (κ2) is 6.36. The number of fused-ring (bicyclic) bond motifs is 1. The van der Waals surface area contributed by atoms with Gasteiger partial charge in [0.15, 0.2) is 0 Å². The Morgan fingerprint density at radius 3 is 2.48 bits per heavy atom. The first-order chi connectivity index (χ1) is 13.3. The molecule has 0 bridgehead atoms. The Hall–Kier alpha value is -3.47. The molecule has 0 spiro atoms. The first-order valence-corrected chi connectivity index (χ1v) is 9.05.